The third-order valence-electron chi connectivity index (χ3n) is 6.25. The summed E-state index contributed by atoms with van der Waals surface area (Å²) in [6.07, 6.45) is 4.10. The molecule has 4 rings (SSSR count). The van der Waals surface area contributed by atoms with Gasteiger partial charge in [-0.15, -0.1) is 0 Å². The Hall–Kier alpha value is -1.61. The molecule has 31 heavy (non-hydrogen) atoms. The average Bonchev–Trinajstić information content (AvgIpc) is 3.30. The smallest absolute Gasteiger partial charge is 0.410 e. The normalized spacial score (nSPS) is 24.4. The predicted molar refractivity (Wildman–Crippen MR) is 123 cm³/mol. The fourth-order valence-corrected chi connectivity index (χ4v) is 5.10. The van der Waals surface area contributed by atoms with Crippen LogP contribution < -0.4 is 9.64 Å². The number of hydrogen-bond donors (Lipinski definition) is 0. The highest BCUT2D eigenvalue weighted by Gasteiger charge is 2.32. The van der Waals surface area contributed by atoms with E-state index in [0.717, 1.165) is 50.4 Å². The molecule has 0 saturated carbocycles. The highest BCUT2D eigenvalue weighted by molar-refractivity contribution is 9.09. The van der Waals surface area contributed by atoms with Crippen molar-refractivity contribution in [3.05, 3.63) is 11.3 Å². The number of likely N-dealkylation sites (tertiary alicyclic amines) is 1. The van der Waals surface area contributed by atoms with Crippen LogP contribution in [0.3, 0.4) is 0 Å². The van der Waals surface area contributed by atoms with Crippen molar-refractivity contribution in [3.8, 4) is 6.01 Å². The second-order valence-corrected chi connectivity index (χ2v) is 10.8. The lowest BCUT2D eigenvalue weighted by atomic mass is 10.2. The minimum atomic E-state index is -0.480. The number of alkyl halides is 1. The van der Waals surface area contributed by atoms with Gasteiger partial charge in [-0.2, -0.15) is 9.97 Å². The van der Waals surface area contributed by atoms with Crippen LogP contribution in [0.5, 0.6) is 6.01 Å². The maximum atomic E-state index is 12.4. The second kappa shape index (κ2) is 9.10. The Morgan fingerprint density at radius 2 is 1.87 bits per heavy atom. The van der Waals surface area contributed by atoms with Gasteiger partial charge in [0.05, 0.1) is 10.5 Å². The molecule has 8 nitrogen and oxygen atoms in total. The molecule has 3 aliphatic rings. The summed E-state index contributed by atoms with van der Waals surface area (Å²) in [7, 11) is 2.15. The number of nitrogens with zero attached hydrogens (tertiary/aromatic N) is 5. The highest BCUT2D eigenvalue weighted by Crippen LogP contribution is 2.41. The molecule has 0 spiro atoms. The zero-order valence-corrected chi connectivity index (χ0v) is 20.7. The van der Waals surface area contributed by atoms with Gasteiger partial charge in [-0.25, -0.2) is 4.79 Å². The molecule has 1 aliphatic carbocycles. The van der Waals surface area contributed by atoms with Crippen LogP contribution in [0, 0.1) is 0 Å². The molecule has 2 unspecified atom stereocenters. The monoisotopic (exact) mass is 495 g/mol. The van der Waals surface area contributed by atoms with E-state index in [9.17, 15) is 4.79 Å². The second-order valence-electron chi connectivity index (χ2n) is 9.74. The van der Waals surface area contributed by atoms with Gasteiger partial charge in [0.25, 0.3) is 0 Å². The first-order valence-electron chi connectivity index (χ1n) is 11.3. The third kappa shape index (κ3) is 5.25. The summed E-state index contributed by atoms with van der Waals surface area (Å²) in [4.78, 5) is 28.6. The Bertz CT molecular complexity index is 807. The van der Waals surface area contributed by atoms with Crippen LogP contribution in [-0.2, 0) is 11.2 Å². The molecule has 2 saturated heterocycles. The minimum Gasteiger partial charge on any atom is -0.462 e. The van der Waals surface area contributed by atoms with Crippen molar-refractivity contribution in [2.75, 3.05) is 51.3 Å². The zero-order valence-electron chi connectivity index (χ0n) is 19.1. The Balaban J connectivity index is 1.46. The lowest BCUT2D eigenvalue weighted by Crippen LogP contribution is -2.50. The van der Waals surface area contributed by atoms with Gasteiger partial charge in [-0.3, -0.25) is 0 Å². The number of piperazine rings is 1. The number of carbonyl (C=O) groups is 1. The van der Waals surface area contributed by atoms with Crippen LogP contribution in [0.1, 0.15) is 56.1 Å². The Morgan fingerprint density at radius 1 is 1.13 bits per heavy atom. The van der Waals surface area contributed by atoms with Crippen molar-refractivity contribution in [1.29, 1.82) is 0 Å². The molecular weight excluding hydrogens is 462 g/mol. The standard InChI is InChI=1S/C22H34BrN5O3/c1-22(2,3)31-21(29)28-12-10-27(11-13-28)19-16-7-8-17(23)18(16)24-20(25-19)30-14-15-6-5-9-26(15)4/h15,17H,5-14H2,1-4H3. The minimum absolute atomic E-state index is 0.240. The van der Waals surface area contributed by atoms with Crippen LogP contribution in [0.4, 0.5) is 10.6 Å². The molecule has 1 aromatic rings. The first-order valence-corrected chi connectivity index (χ1v) is 12.2. The summed E-state index contributed by atoms with van der Waals surface area (Å²) >= 11 is 3.77. The van der Waals surface area contributed by atoms with Crippen LogP contribution in [-0.4, -0.2) is 83.9 Å². The molecule has 1 amide bonds. The van der Waals surface area contributed by atoms with E-state index in [2.05, 4.69) is 32.8 Å². The molecule has 1 aromatic heterocycles. The number of carbonyl (C=O) groups excluding carboxylic acids is 1. The maximum absolute atomic E-state index is 12.4. The predicted octanol–water partition coefficient (Wildman–Crippen LogP) is 3.39. The largest absolute Gasteiger partial charge is 0.462 e. The van der Waals surface area contributed by atoms with Gasteiger partial charge in [0, 0.05) is 37.8 Å². The van der Waals surface area contributed by atoms with Gasteiger partial charge in [0.1, 0.15) is 18.0 Å². The third-order valence-corrected chi connectivity index (χ3v) is 7.14. The zero-order chi connectivity index (χ0) is 22.2. The maximum Gasteiger partial charge on any atom is 0.410 e. The molecule has 172 valence electrons. The van der Waals surface area contributed by atoms with E-state index >= 15 is 0 Å². The topological polar surface area (TPSA) is 71.0 Å². The number of aromatic nitrogens is 2. The lowest BCUT2D eigenvalue weighted by Gasteiger charge is -2.36. The Morgan fingerprint density at radius 3 is 2.52 bits per heavy atom. The van der Waals surface area contributed by atoms with Crippen LogP contribution in [0.2, 0.25) is 0 Å². The van der Waals surface area contributed by atoms with Crippen molar-refractivity contribution < 1.29 is 14.3 Å². The Labute approximate surface area is 193 Å². The van der Waals surface area contributed by atoms with Gasteiger partial charge in [-0.1, -0.05) is 15.9 Å². The van der Waals surface area contributed by atoms with Crippen LogP contribution >= 0.6 is 15.9 Å². The number of rotatable bonds is 4. The summed E-state index contributed by atoms with van der Waals surface area (Å²) in [5, 5.41) is 0. The summed E-state index contributed by atoms with van der Waals surface area (Å²) < 4.78 is 11.6. The van der Waals surface area contributed by atoms with Crippen LogP contribution in [0.15, 0.2) is 0 Å². The van der Waals surface area contributed by atoms with E-state index in [1.165, 1.54) is 12.0 Å². The molecule has 0 N–H and O–H groups in total. The fraction of sp³-hybridized carbons (Fsp3) is 0.773. The van der Waals surface area contributed by atoms with E-state index in [1.54, 1.807) is 4.90 Å². The van der Waals surface area contributed by atoms with Gasteiger partial charge in [0.15, 0.2) is 0 Å². The Kier molecular flexibility index (Phi) is 6.62. The quantitative estimate of drug-likeness (QED) is 0.592. The van der Waals surface area contributed by atoms with E-state index in [1.807, 2.05) is 20.8 Å². The summed E-state index contributed by atoms with van der Waals surface area (Å²) in [5.41, 5.74) is 1.78. The number of likely N-dealkylation sites (N-methyl/N-ethyl adjacent to an activating group) is 1. The lowest BCUT2D eigenvalue weighted by molar-refractivity contribution is 0.0240. The number of anilines is 1. The van der Waals surface area contributed by atoms with Gasteiger partial charge < -0.3 is 24.2 Å². The van der Waals surface area contributed by atoms with Crippen LogP contribution in [0.25, 0.3) is 0 Å². The molecule has 0 radical (unpaired) electrons. The van der Waals surface area contributed by atoms with E-state index in [4.69, 9.17) is 19.4 Å². The number of ether oxygens (including phenoxy) is 2. The van der Waals surface area contributed by atoms with Gasteiger partial charge in [-0.05, 0) is 60.0 Å². The van der Waals surface area contributed by atoms with E-state index in [-0.39, 0.29) is 10.9 Å². The number of hydrogen-bond acceptors (Lipinski definition) is 7. The van der Waals surface area contributed by atoms with Gasteiger partial charge in [0.2, 0.25) is 0 Å². The molecule has 9 heteroatoms. The molecule has 0 bridgehead atoms. The molecule has 0 aromatic carbocycles. The number of fused-ring (bicyclic) bond motifs is 1. The molecule has 2 fully saturated rings. The van der Waals surface area contributed by atoms with Gasteiger partial charge >= 0.3 is 12.1 Å². The summed E-state index contributed by atoms with van der Waals surface area (Å²) in [5.74, 6) is 0.963. The number of halogens is 1. The summed E-state index contributed by atoms with van der Waals surface area (Å²) in [6, 6.07) is 0.896. The van der Waals surface area contributed by atoms with Crippen molar-refractivity contribution in [2.45, 2.75) is 62.9 Å². The van der Waals surface area contributed by atoms with E-state index in [0.29, 0.717) is 31.7 Å². The molecular formula is C22H34BrN5O3. The van der Waals surface area contributed by atoms with Crippen molar-refractivity contribution in [1.82, 2.24) is 19.8 Å². The number of amides is 1. The first kappa shape index (κ1) is 22.6. The average molecular weight is 496 g/mol. The first-order chi connectivity index (χ1) is 14.7. The summed E-state index contributed by atoms with van der Waals surface area (Å²) in [6.45, 7) is 10.1. The van der Waals surface area contributed by atoms with Crippen molar-refractivity contribution in [2.24, 2.45) is 0 Å². The molecule has 2 aliphatic heterocycles. The highest BCUT2D eigenvalue weighted by atomic mass is 79.9. The fourth-order valence-electron chi connectivity index (χ4n) is 4.49. The molecule has 2 atom stereocenters. The molecule has 3 heterocycles. The van der Waals surface area contributed by atoms with Crippen molar-refractivity contribution in [3.63, 3.8) is 0 Å². The van der Waals surface area contributed by atoms with Crippen molar-refractivity contribution >= 4 is 27.8 Å². The SMILES string of the molecule is CN1CCCC1COc1nc2c(c(N3CCN(C(=O)OC(C)(C)C)CC3)n1)CCC2Br. The van der Waals surface area contributed by atoms with E-state index < -0.39 is 5.60 Å².